The van der Waals surface area contributed by atoms with E-state index in [-0.39, 0.29) is 93.8 Å². The third kappa shape index (κ3) is 27.8. The number of nitrogens with one attached hydrogen (secondary N) is 5. The number of amides is 5. The summed E-state index contributed by atoms with van der Waals surface area (Å²) in [6.07, 6.45) is 3.96. The molecular weight excluding hydrogens is 1270 g/mol. The zero-order chi connectivity index (χ0) is 72.9. The van der Waals surface area contributed by atoms with Gasteiger partial charge in [-0.3, -0.25) is 62.5 Å². The fraction of sp³-hybridized carbons (Fsp3) is 0.560. The number of carbonyl (C=O) groups is 12. The Morgan fingerprint density at radius 3 is 1.62 bits per heavy atom. The summed E-state index contributed by atoms with van der Waals surface area (Å²) in [5, 5.41) is 54.9. The van der Waals surface area contributed by atoms with Crippen molar-refractivity contribution in [3.05, 3.63) is 107 Å². The third-order valence-electron chi connectivity index (χ3n) is 18.5. The molecule has 24 heteroatoms. The molecule has 99 heavy (non-hydrogen) atoms. The molecule has 0 spiro atoms. The van der Waals surface area contributed by atoms with Crippen molar-refractivity contribution in [2.45, 2.75) is 200 Å². The number of carboxylic acids is 1. The molecular formula is C75H104N8O16. The van der Waals surface area contributed by atoms with Gasteiger partial charge < -0.3 is 58.5 Å². The van der Waals surface area contributed by atoms with Crippen LogP contribution in [0.4, 0.5) is 0 Å². The highest BCUT2D eigenvalue weighted by molar-refractivity contribution is 6.00. The molecule has 13 N–H and O–H groups in total. The molecule has 5 amide bonds. The fourth-order valence-electron chi connectivity index (χ4n) is 13.1. The number of aliphatic hydroxyl groups excluding tert-OH is 2. The highest BCUT2D eigenvalue weighted by Crippen LogP contribution is 2.33. The zero-order valence-electron chi connectivity index (χ0n) is 58.1. The molecule has 3 aromatic rings. The number of aliphatic imine (C=N–C) groups is 1. The Labute approximate surface area is 580 Å². The molecule has 10 atom stereocenters. The van der Waals surface area contributed by atoms with Crippen LogP contribution in [0.3, 0.4) is 0 Å². The van der Waals surface area contributed by atoms with Gasteiger partial charge in [0.15, 0.2) is 34.9 Å². The normalized spacial score (nSPS) is 16.0. The summed E-state index contributed by atoms with van der Waals surface area (Å²) in [7, 11) is 0. The van der Waals surface area contributed by atoms with Crippen LogP contribution < -0.4 is 38.1 Å². The van der Waals surface area contributed by atoms with E-state index in [9.17, 15) is 78.0 Å². The SMILES string of the molecule is CC(=O)NC(CC(C)C)C(=O)C[C@@H](CC(=O)O)C(=O)N[C@@H](CC1CCCCC1)C(=O)C[C@@H](Cc1ccccc1)C(=O)N[C@H](CO)C(=O)C[C@H](CCCN=C(N)N)C(=O)N[C@@H](Cc1ccc(O)cc1)C(=O)C[C@@H](CC(C)C)C(=O)N[C@@H](CC1=CCc2ccccc21)C(=O)C[C@@H](CO)C(C)=O. The molecule has 0 bridgehead atoms. The molecule has 0 aromatic heterocycles. The lowest BCUT2D eigenvalue weighted by Crippen LogP contribution is -2.50. The van der Waals surface area contributed by atoms with E-state index in [0.29, 0.717) is 17.5 Å². The van der Waals surface area contributed by atoms with Gasteiger partial charge in [-0.15, -0.1) is 0 Å². The number of nitrogens with two attached hydrogens (primary N) is 2. The topological polar surface area (TPSA) is 410 Å². The summed E-state index contributed by atoms with van der Waals surface area (Å²) in [4.78, 5) is 172. The predicted octanol–water partition coefficient (Wildman–Crippen LogP) is 5.69. The monoisotopic (exact) mass is 1370 g/mol. The minimum Gasteiger partial charge on any atom is -0.508 e. The number of guanidine groups is 1. The first-order valence-corrected chi connectivity index (χ1v) is 34.7. The van der Waals surface area contributed by atoms with E-state index in [1.54, 1.807) is 42.5 Å². The number of phenols is 1. The van der Waals surface area contributed by atoms with Crippen molar-refractivity contribution < 1.29 is 78.0 Å². The number of ketones is 6. The molecule has 0 saturated heterocycles. The number of carboxylic acid groups (broad SMARTS) is 1. The molecule has 540 valence electrons. The van der Waals surface area contributed by atoms with Crippen molar-refractivity contribution in [2.75, 3.05) is 19.8 Å². The Balaban J connectivity index is 1.43. The number of phenolic OH excluding ortho intramolecular Hbond substituents is 1. The van der Waals surface area contributed by atoms with Crippen molar-refractivity contribution in [3.63, 3.8) is 0 Å². The van der Waals surface area contributed by atoms with Crippen molar-refractivity contribution in [1.82, 2.24) is 26.6 Å². The van der Waals surface area contributed by atoms with Crippen LogP contribution in [0.5, 0.6) is 5.75 Å². The number of fused-ring (bicyclic) bond motifs is 1. The summed E-state index contributed by atoms with van der Waals surface area (Å²) >= 11 is 0. The van der Waals surface area contributed by atoms with Gasteiger partial charge in [0.25, 0.3) is 0 Å². The van der Waals surface area contributed by atoms with Crippen molar-refractivity contribution in [1.29, 1.82) is 0 Å². The third-order valence-corrected chi connectivity index (χ3v) is 18.5. The minimum atomic E-state index is -1.65. The Morgan fingerprint density at radius 2 is 1.02 bits per heavy atom. The zero-order valence-corrected chi connectivity index (χ0v) is 58.1. The molecule has 0 radical (unpaired) electrons. The van der Waals surface area contributed by atoms with Gasteiger partial charge in [0.2, 0.25) is 29.5 Å². The maximum Gasteiger partial charge on any atom is 0.304 e. The molecule has 1 unspecified atom stereocenters. The number of hydrogen-bond acceptors (Lipinski definition) is 16. The lowest BCUT2D eigenvalue weighted by Gasteiger charge is -2.29. The van der Waals surface area contributed by atoms with Crippen LogP contribution in [-0.2, 0) is 76.8 Å². The largest absolute Gasteiger partial charge is 0.508 e. The van der Waals surface area contributed by atoms with Gasteiger partial charge in [-0.2, -0.15) is 0 Å². The second-order valence-corrected chi connectivity index (χ2v) is 27.7. The molecule has 0 heterocycles. The number of allylic oxidation sites excluding steroid dienone is 1. The molecule has 2 aliphatic carbocycles. The molecule has 24 nitrogen and oxygen atoms in total. The highest BCUT2D eigenvalue weighted by Gasteiger charge is 2.38. The van der Waals surface area contributed by atoms with Gasteiger partial charge in [0.05, 0.1) is 49.7 Å². The van der Waals surface area contributed by atoms with Crippen LogP contribution in [0, 0.1) is 47.3 Å². The summed E-state index contributed by atoms with van der Waals surface area (Å²) in [5.74, 6) is -15.0. The maximum absolute atomic E-state index is 15.0. The van der Waals surface area contributed by atoms with Crippen molar-refractivity contribution in [2.24, 2.45) is 63.8 Å². The van der Waals surface area contributed by atoms with Crippen LogP contribution in [0.15, 0.2) is 89.9 Å². The standard InChI is InChI=1S/C75H104N8O16/c1-44(2)30-54(72(97)82-63(68(92)40-57(42-84)46(5)86)35-52-26-25-51-20-13-14-22-59(51)52)37-66(90)62(34-50-23-27-58(88)28-24-50)80-71(96)53(21-15-29-78-75(76)77)36-69(93)64(43-85)83-73(98)55(32-48-16-9-7-10-17-48)38-67(91)61(33-49-18-11-8-12-19-49)81-74(99)56(41-70(94)95)39-65(89)60(31-45(3)4)79-47(6)87/h7,9-10,13-14,16-17,20,22-24,26-28,44-45,49,53-57,60-64,84-85,88H,8,11-12,15,18-19,21,25,29-43H2,1-6H3,(H,79,87)(H,80,96)(H,81,99)(H,82,97)(H,83,98)(H,94,95)(H4,76,77,78)/t53-,54+,55+,56-,57-,60?,61-,62-,63-,64+/m0/s1. The van der Waals surface area contributed by atoms with Crippen molar-refractivity contribution in [3.8, 4) is 5.75 Å². The van der Waals surface area contributed by atoms with E-state index in [2.05, 4.69) is 31.6 Å². The van der Waals surface area contributed by atoms with E-state index in [0.717, 1.165) is 48.8 Å². The second-order valence-electron chi connectivity index (χ2n) is 27.7. The molecule has 3 aromatic carbocycles. The van der Waals surface area contributed by atoms with E-state index >= 15 is 0 Å². The number of benzene rings is 3. The summed E-state index contributed by atoms with van der Waals surface area (Å²) in [5.41, 5.74) is 15.1. The number of aromatic hydroxyl groups is 1. The first-order valence-electron chi connectivity index (χ1n) is 34.7. The van der Waals surface area contributed by atoms with Crippen LogP contribution in [-0.4, -0.2) is 147 Å². The van der Waals surface area contributed by atoms with Crippen LogP contribution in [0.1, 0.15) is 173 Å². The molecule has 1 saturated carbocycles. The van der Waals surface area contributed by atoms with E-state index < -0.39 is 175 Å². The fourth-order valence-corrected chi connectivity index (χ4v) is 13.1. The van der Waals surface area contributed by atoms with Crippen LogP contribution >= 0.6 is 0 Å². The summed E-state index contributed by atoms with van der Waals surface area (Å²) in [6.45, 7) is 8.37. The Kier molecular flexibility index (Phi) is 33.5. The number of aliphatic carboxylic acids is 1. The van der Waals surface area contributed by atoms with Gasteiger partial charge in [0.1, 0.15) is 17.6 Å². The van der Waals surface area contributed by atoms with E-state index in [1.807, 2.05) is 58.0 Å². The number of hydrogen-bond donors (Lipinski definition) is 11. The van der Waals surface area contributed by atoms with Crippen LogP contribution in [0.2, 0.25) is 0 Å². The number of nitrogens with zero attached hydrogens (tertiary/aromatic N) is 1. The number of carbonyl (C=O) groups excluding carboxylic acids is 11. The Hall–Kier alpha value is -8.77. The second kappa shape index (κ2) is 41.0. The summed E-state index contributed by atoms with van der Waals surface area (Å²) in [6, 6.07) is 15.8. The number of aliphatic hydroxyl groups is 2. The molecule has 5 rings (SSSR count). The Morgan fingerprint density at radius 1 is 0.515 bits per heavy atom. The van der Waals surface area contributed by atoms with Crippen molar-refractivity contribution >= 4 is 81.7 Å². The van der Waals surface area contributed by atoms with E-state index in [4.69, 9.17) is 11.5 Å². The first kappa shape index (κ1) is 80.9. The van der Waals surface area contributed by atoms with Gasteiger partial charge in [-0.1, -0.05) is 133 Å². The molecule has 1 fully saturated rings. The highest BCUT2D eigenvalue weighted by atomic mass is 16.4. The average molecular weight is 1370 g/mol. The van der Waals surface area contributed by atoms with Gasteiger partial charge >= 0.3 is 5.97 Å². The smallest absolute Gasteiger partial charge is 0.304 e. The Bertz CT molecular complexity index is 3320. The van der Waals surface area contributed by atoms with E-state index in [1.165, 1.54) is 26.0 Å². The van der Waals surface area contributed by atoms with Crippen LogP contribution in [0.25, 0.3) is 5.57 Å². The lowest BCUT2D eigenvalue weighted by atomic mass is 9.82. The summed E-state index contributed by atoms with van der Waals surface area (Å²) < 4.78 is 0. The molecule has 2 aliphatic rings. The average Bonchev–Trinajstić information content (AvgIpc) is 1.74. The van der Waals surface area contributed by atoms with Gasteiger partial charge in [-0.05, 0) is 116 Å². The maximum atomic E-state index is 15.0. The number of Topliss-reactive ketones (excluding diaryl/α,β-unsaturated/α-hetero) is 6. The first-order chi connectivity index (χ1) is 47.0. The minimum absolute atomic E-state index is 0.0120. The predicted molar refractivity (Wildman–Crippen MR) is 373 cm³/mol. The number of rotatable bonds is 45. The van der Waals surface area contributed by atoms with Gasteiger partial charge in [-0.25, -0.2) is 0 Å². The molecule has 0 aliphatic heterocycles. The van der Waals surface area contributed by atoms with Gasteiger partial charge in [0, 0.05) is 75.7 Å². The lowest BCUT2D eigenvalue weighted by molar-refractivity contribution is -0.143. The quantitative estimate of drug-likeness (QED) is 0.0184.